The average molecular weight is 470 g/mol. The van der Waals surface area contributed by atoms with Gasteiger partial charge in [-0.3, -0.25) is 19.4 Å². The number of hydrogen-bond donors (Lipinski definition) is 1. The highest BCUT2D eigenvalue weighted by Gasteiger charge is 2.18. The van der Waals surface area contributed by atoms with Crippen molar-refractivity contribution in [2.45, 2.75) is 6.54 Å². The first-order valence-electron chi connectivity index (χ1n) is 9.92. The Labute approximate surface area is 184 Å². The van der Waals surface area contributed by atoms with Crippen LogP contribution in [0.4, 0.5) is 5.69 Å². The molecular weight excluding hydrogens is 446 g/mol. The number of rotatable bonds is 6. The lowest BCUT2D eigenvalue weighted by Gasteiger charge is -2.32. The Morgan fingerprint density at radius 3 is 2.67 bits per heavy atom. The number of nitrogens with one attached hydrogen (secondary N) is 1. The van der Waals surface area contributed by atoms with Gasteiger partial charge in [-0.05, 0) is 47.2 Å². The van der Waals surface area contributed by atoms with E-state index in [9.17, 15) is 4.79 Å². The zero-order chi connectivity index (χ0) is 20.9. The lowest BCUT2D eigenvalue weighted by Crippen LogP contribution is -2.45. The first kappa shape index (κ1) is 20.6. The van der Waals surface area contributed by atoms with Crippen LogP contribution in [0, 0.1) is 0 Å². The highest BCUT2D eigenvalue weighted by molar-refractivity contribution is 9.10. The third-order valence-corrected chi connectivity index (χ3v) is 5.55. The minimum atomic E-state index is -0.285. The van der Waals surface area contributed by atoms with Gasteiger partial charge >= 0.3 is 0 Å². The van der Waals surface area contributed by atoms with Crippen molar-refractivity contribution in [2.75, 3.05) is 45.1 Å². The summed E-state index contributed by atoms with van der Waals surface area (Å²) in [7, 11) is 2.15. The van der Waals surface area contributed by atoms with Gasteiger partial charge in [0.1, 0.15) is 16.0 Å². The second kappa shape index (κ2) is 9.46. The van der Waals surface area contributed by atoms with E-state index in [4.69, 9.17) is 5.10 Å². The quantitative estimate of drug-likeness (QED) is 0.558. The van der Waals surface area contributed by atoms with E-state index in [2.05, 4.69) is 48.1 Å². The Kier molecular flexibility index (Phi) is 6.51. The lowest BCUT2D eigenvalue weighted by atomic mass is 10.2. The lowest BCUT2D eigenvalue weighted by molar-refractivity contribution is 0.102. The summed E-state index contributed by atoms with van der Waals surface area (Å²) in [6.45, 7) is 5.94. The molecule has 0 aliphatic carbocycles. The summed E-state index contributed by atoms with van der Waals surface area (Å²) in [5, 5.41) is 7.67. The third-order valence-electron chi connectivity index (χ3n) is 5.11. The second-order valence-corrected chi connectivity index (χ2v) is 8.13. The van der Waals surface area contributed by atoms with Crippen molar-refractivity contribution in [3.05, 3.63) is 59.1 Å². The summed E-state index contributed by atoms with van der Waals surface area (Å²) in [4.78, 5) is 26.1. The first-order valence-corrected chi connectivity index (χ1v) is 10.7. The summed E-state index contributed by atoms with van der Waals surface area (Å²) >= 11 is 3.31. The number of anilines is 1. The molecule has 9 heteroatoms. The smallest absolute Gasteiger partial charge is 0.274 e. The SMILES string of the molecule is CN1CCN(CCn2cc(NC(=O)c3cccc(Br)n3)c(-c3ccccn3)n2)CC1. The van der Waals surface area contributed by atoms with Crippen LogP contribution >= 0.6 is 15.9 Å². The number of hydrogen-bond acceptors (Lipinski definition) is 6. The van der Waals surface area contributed by atoms with E-state index in [0.717, 1.165) is 39.3 Å². The van der Waals surface area contributed by atoms with E-state index in [-0.39, 0.29) is 5.91 Å². The number of piperazine rings is 1. The van der Waals surface area contributed by atoms with Crippen molar-refractivity contribution < 1.29 is 4.79 Å². The van der Waals surface area contributed by atoms with Gasteiger partial charge in [0.15, 0.2) is 0 Å². The summed E-state index contributed by atoms with van der Waals surface area (Å²) in [6, 6.07) is 10.9. The molecule has 3 aromatic heterocycles. The molecule has 1 amide bonds. The third kappa shape index (κ3) is 5.10. The zero-order valence-electron chi connectivity index (χ0n) is 16.8. The molecule has 4 rings (SSSR count). The normalized spacial score (nSPS) is 15.3. The second-order valence-electron chi connectivity index (χ2n) is 7.31. The van der Waals surface area contributed by atoms with Crippen LogP contribution in [0.1, 0.15) is 10.5 Å². The maximum atomic E-state index is 12.7. The Balaban J connectivity index is 1.53. The van der Waals surface area contributed by atoms with E-state index in [1.807, 2.05) is 29.1 Å². The highest BCUT2D eigenvalue weighted by Crippen LogP contribution is 2.25. The van der Waals surface area contributed by atoms with Crippen LogP contribution in [-0.4, -0.2) is 75.2 Å². The highest BCUT2D eigenvalue weighted by atomic mass is 79.9. The molecule has 1 aliphatic heterocycles. The number of amides is 1. The fourth-order valence-corrected chi connectivity index (χ4v) is 3.70. The summed E-state index contributed by atoms with van der Waals surface area (Å²) < 4.78 is 2.50. The van der Waals surface area contributed by atoms with E-state index in [0.29, 0.717) is 27.4 Å². The van der Waals surface area contributed by atoms with Crippen molar-refractivity contribution in [3.8, 4) is 11.4 Å². The fourth-order valence-electron chi connectivity index (χ4n) is 3.36. The molecule has 156 valence electrons. The Hall–Kier alpha value is -2.62. The van der Waals surface area contributed by atoms with Crippen LogP contribution in [0.3, 0.4) is 0 Å². The molecule has 0 aromatic carbocycles. The van der Waals surface area contributed by atoms with E-state index in [1.54, 1.807) is 24.4 Å². The molecule has 0 saturated carbocycles. The van der Waals surface area contributed by atoms with Gasteiger partial charge in [0.2, 0.25) is 0 Å². The summed E-state index contributed by atoms with van der Waals surface area (Å²) in [5.41, 5.74) is 2.33. The molecule has 1 aliphatic rings. The Morgan fingerprint density at radius 1 is 1.10 bits per heavy atom. The van der Waals surface area contributed by atoms with Crippen molar-refractivity contribution in [1.82, 2.24) is 29.5 Å². The van der Waals surface area contributed by atoms with Gasteiger partial charge in [0.05, 0.1) is 17.9 Å². The van der Waals surface area contributed by atoms with Crippen LogP contribution in [0.15, 0.2) is 53.4 Å². The number of likely N-dealkylation sites (N-methyl/N-ethyl adjacent to an activating group) is 1. The van der Waals surface area contributed by atoms with Gasteiger partial charge < -0.3 is 10.2 Å². The van der Waals surface area contributed by atoms with Crippen molar-refractivity contribution in [3.63, 3.8) is 0 Å². The monoisotopic (exact) mass is 469 g/mol. The first-order chi connectivity index (χ1) is 14.6. The topological polar surface area (TPSA) is 79.2 Å². The largest absolute Gasteiger partial charge is 0.317 e. The molecule has 0 unspecified atom stereocenters. The predicted octanol–water partition coefficient (Wildman–Crippen LogP) is 2.60. The maximum Gasteiger partial charge on any atom is 0.274 e. The standard InChI is InChI=1S/C21H24BrN7O/c1-27-9-11-28(12-10-27)13-14-29-15-18(20(26-29)16-5-2-3-8-23-16)25-21(30)17-6-4-7-19(22)24-17/h2-8,15H,9-14H2,1H3,(H,25,30). The average Bonchev–Trinajstić information content (AvgIpc) is 3.16. The molecule has 1 fully saturated rings. The van der Waals surface area contributed by atoms with Gasteiger partial charge in [-0.2, -0.15) is 5.10 Å². The number of carbonyl (C=O) groups is 1. The molecular formula is C21H24BrN7O. The molecule has 1 N–H and O–H groups in total. The molecule has 0 atom stereocenters. The molecule has 0 radical (unpaired) electrons. The summed E-state index contributed by atoms with van der Waals surface area (Å²) in [6.07, 6.45) is 3.59. The van der Waals surface area contributed by atoms with E-state index >= 15 is 0 Å². The summed E-state index contributed by atoms with van der Waals surface area (Å²) in [5.74, 6) is -0.285. The molecule has 1 saturated heterocycles. The molecule has 4 heterocycles. The number of carbonyl (C=O) groups excluding carboxylic acids is 1. The minimum absolute atomic E-state index is 0.285. The van der Waals surface area contributed by atoms with Gasteiger partial charge in [0, 0.05) is 45.1 Å². The van der Waals surface area contributed by atoms with E-state index < -0.39 is 0 Å². The number of halogens is 1. The van der Waals surface area contributed by atoms with Gasteiger partial charge in [-0.25, -0.2) is 4.98 Å². The number of aromatic nitrogens is 4. The predicted molar refractivity (Wildman–Crippen MR) is 119 cm³/mol. The van der Waals surface area contributed by atoms with Crippen LogP contribution in [0.25, 0.3) is 11.4 Å². The Bertz CT molecular complexity index is 1000. The molecule has 30 heavy (non-hydrogen) atoms. The molecule has 3 aromatic rings. The molecule has 0 bridgehead atoms. The minimum Gasteiger partial charge on any atom is -0.317 e. The number of pyridine rings is 2. The van der Waals surface area contributed by atoms with Crippen LogP contribution < -0.4 is 5.32 Å². The van der Waals surface area contributed by atoms with Crippen molar-refractivity contribution >= 4 is 27.5 Å². The fraction of sp³-hybridized carbons (Fsp3) is 0.333. The van der Waals surface area contributed by atoms with Crippen LogP contribution in [-0.2, 0) is 6.54 Å². The Morgan fingerprint density at radius 2 is 1.93 bits per heavy atom. The van der Waals surface area contributed by atoms with E-state index in [1.165, 1.54) is 0 Å². The van der Waals surface area contributed by atoms with Crippen molar-refractivity contribution in [2.24, 2.45) is 0 Å². The molecule has 0 spiro atoms. The number of nitrogens with zero attached hydrogens (tertiary/aromatic N) is 6. The maximum absolute atomic E-state index is 12.7. The van der Waals surface area contributed by atoms with Crippen molar-refractivity contribution in [1.29, 1.82) is 0 Å². The van der Waals surface area contributed by atoms with Gasteiger partial charge in [-0.15, -0.1) is 0 Å². The van der Waals surface area contributed by atoms with Gasteiger partial charge in [0.25, 0.3) is 5.91 Å². The van der Waals surface area contributed by atoms with Crippen LogP contribution in [0.2, 0.25) is 0 Å². The van der Waals surface area contributed by atoms with Crippen LogP contribution in [0.5, 0.6) is 0 Å². The zero-order valence-corrected chi connectivity index (χ0v) is 18.4. The molecule has 8 nitrogen and oxygen atoms in total. The van der Waals surface area contributed by atoms with Gasteiger partial charge in [-0.1, -0.05) is 12.1 Å².